The van der Waals surface area contributed by atoms with Crippen LogP contribution in [0.2, 0.25) is 0 Å². The number of alkyl halides is 2. The van der Waals surface area contributed by atoms with Gasteiger partial charge in [-0.05, 0) is 54.8 Å². The van der Waals surface area contributed by atoms with Crippen LogP contribution >= 0.6 is 11.8 Å². The second kappa shape index (κ2) is 7.10. The Hall–Kier alpha value is -1.93. The Morgan fingerprint density at radius 3 is 2.09 bits per heavy atom. The first kappa shape index (κ1) is 17.4. The molecule has 2 aromatic carbocycles. The van der Waals surface area contributed by atoms with E-state index in [1.807, 2.05) is 18.4 Å². The number of hydrogen-bond donors (Lipinski definition) is 1. The van der Waals surface area contributed by atoms with Gasteiger partial charge in [0.15, 0.2) is 0 Å². The lowest BCUT2D eigenvalue weighted by atomic mass is 10.2. The summed E-state index contributed by atoms with van der Waals surface area (Å²) in [5.74, 6) is -3.94. The van der Waals surface area contributed by atoms with Gasteiger partial charge in [0.05, 0.1) is 4.90 Å². The molecule has 0 radical (unpaired) electrons. The van der Waals surface area contributed by atoms with Crippen molar-refractivity contribution in [2.45, 2.75) is 15.5 Å². The molecule has 23 heavy (non-hydrogen) atoms. The molecule has 1 N–H and O–H groups in total. The predicted octanol–water partition coefficient (Wildman–Crippen LogP) is 3.66. The summed E-state index contributed by atoms with van der Waals surface area (Å²) in [7, 11) is -4.65. The van der Waals surface area contributed by atoms with Gasteiger partial charge in [-0.3, -0.25) is 4.79 Å². The Balaban J connectivity index is 2.14. The van der Waals surface area contributed by atoms with Crippen LogP contribution in [0.3, 0.4) is 0 Å². The SMILES string of the molecule is CSc1ccc(NC(=O)c2ccc(S(=O)(=O)C(F)F)cc2)cc1. The van der Waals surface area contributed by atoms with Gasteiger partial charge in [-0.15, -0.1) is 11.8 Å². The zero-order chi connectivity index (χ0) is 17.0. The Kier molecular flexibility index (Phi) is 5.38. The molecule has 0 aliphatic rings. The minimum absolute atomic E-state index is 0.173. The van der Waals surface area contributed by atoms with Crippen LogP contribution in [0.1, 0.15) is 10.4 Å². The van der Waals surface area contributed by atoms with Gasteiger partial charge in [0.25, 0.3) is 5.91 Å². The van der Waals surface area contributed by atoms with E-state index in [0.29, 0.717) is 5.69 Å². The molecule has 0 atom stereocenters. The number of sulfone groups is 1. The third kappa shape index (κ3) is 4.08. The highest BCUT2D eigenvalue weighted by atomic mass is 32.2. The summed E-state index contributed by atoms with van der Waals surface area (Å²) in [6.07, 6.45) is 1.93. The third-order valence-corrected chi connectivity index (χ3v) is 5.17. The zero-order valence-electron chi connectivity index (χ0n) is 12.0. The molecule has 0 saturated carbocycles. The van der Waals surface area contributed by atoms with E-state index in [9.17, 15) is 22.0 Å². The first-order valence-electron chi connectivity index (χ1n) is 6.42. The first-order valence-corrected chi connectivity index (χ1v) is 9.19. The van der Waals surface area contributed by atoms with E-state index in [-0.39, 0.29) is 5.56 Å². The quantitative estimate of drug-likeness (QED) is 0.830. The lowest BCUT2D eigenvalue weighted by Crippen LogP contribution is -2.14. The van der Waals surface area contributed by atoms with E-state index >= 15 is 0 Å². The highest BCUT2D eigenvalue weighted by molar-refractivity contribution is 7.98. The molecule has 8 heteroatoms. The van der Waals surface area contributed by atoms with Crippen LogP contribution in [0, 0.1) is 0 Å². The summed E-state index contributed by atoms with van der Waals surface area (Å²) in [5.41, 5.74) is 0.754. The maximum absolute atomic E-state index is 12.4. The number of carbonyl (C=O) groups is 1. The highest BCUT2D eigenvalue weighted by Crippen LogP contribution is 2.20. The van der Waals surface area contributed by atoms with Crippen LogP contribution in [-0.2, 0) is 9.84 Å². The molecule has 0 bridgehead atoms. The lowest BCUT2D eigenvalue weighted by Gasteiger charge is -2.07. The smallest absolute Gasteiger partial charge is 0.322 e. The number of amides is 1. The van der Waals surface area contributed by atoms with Crippen LogP contribution in [0.5, 0.6) is 0 Å². The van der Waals surface area contributed by atoms with Crippen molar-refractivity contribution < 1.29 is 22.0 Å². The van der Waals surface area contributed by atoms with Gasteiger partial charge in [0, 0.05) is 16.1 Å². The van der Waals surface area contributed by atoms with Crippen molar-refractivity contribution >= 4 is 33.2 Å². The standard InChI is InChI=1S/C15H13F2NO3S2/c1-22-12-6-4-11(5-7-12)18-14(19)10-2-8-13(9-3-10)23(20,21)15(16)17/h2-9,15H,1H3,(H,18,19). The molecule has 0 aliphatic carbocycles. The first-order chi connectivity index (χ1) is 10.8. The summed E-state index contributed by atoms with van der Waals surface area (Å²) in [5, 5.41) is 2.64. The van der Waals surface area contributed by atoms with E-state index in [4.69, 9.17) is 0 Å². The van der Waals surface area contributed by atoms with Gasteiger partial charge < -0.3 is 5.32 Å². The van der Waals surface area contributed by atoms with Crippen LogP contribution in [0.15, 0.2) is 58.3 Å². The number of anilines is 1. The van der Waals surface area contributed by atoms with Crippen molar-refractivity contribution in [2.24, 2.45) is 0 Å². The summed E-state index contributed by atoms with van der Waals surface area (Å²) in [6.45, 7) is 0. The highest BCUT2D eigenvalue weighted by Gasteiger charge is 2.26. The molecule has 0 aromatic heterocycles. The van der Waals surface area contributed by atoms with Crippen molar-refractivity contribution in [1.82, 2.24) is 0 Å². The Morgan fingerprint density at radius 2 is 1.61 bits per heavy atom. The van der Waals surface area contributed by atoms with E-state index in [1.165, 1.54) is 12.1 Å². The molecule has 0 saturated heterocycles. The normalized spacial score (nSPS) is 11.5. The minimum atomic E-state index is -4.65. The average molecular weight is 357 g/mol. The van der Waals surface area contributed by atoms with Crippen molar-refractivity contribution in [3.8, 4) is 0 Å². The molecular weight excluding hydrogens is 344 g/mol. The molecule has 122 valence electrons. The number of carbonyl (C=O) groups excluding carboxylic acids is 1. The van der Waals surface area contributed by atoms with Crippen LogP contribution in [-0.4, -0.2) is 26.3 Å². The molecule has 0 aliphatic heterocycles. The number of benzene rings is 2. The van der Waals surface area contributed by atoms with Crippen LogP contribution < -0.4 is 5.32 Å². The van der Waals surface area contributed by atoms with E-state index < -0.39 is 26.4 Å². The summed E-state index contributed by atoms with van der Waals surface area (Å²) in [6, 6.07) is 11.5. The Bertz CT molecular complexity index is 788. The molecular formula is C15H13F2NO3S2. The molecule has 0 fully saturated rings. The molecule has 2 aromatic rings. The summed E-state index contributed by atoms with van der Waals surface area (Å²) < 4.78 is 47.5. The topological polar surface area (TPSA) is 63.2 Å². The van der Waals surface area contributed by atoms with Crippen LogP contribution in [0.25, 0.3) is 0 Å². The molecule has 1 amide bonds. The minimum Gasteiger partial charge on any atom is -0.322 e. The zero-order valence-corrected chi connectivity index (χ0v) is 13.6. The van der Waals surface area contributed by atoms with E-state index in [1.54, 1.807) is 23.9 Å². The largest absolute Gasteiger partial charge is 0.341 e. The fraction of sp³-hybridized carbons (Fsp3) is 0.133. The van der Waals surface area contributed by atoms with Gasteiger partial charge in [0.1, 0.15) is 0 Å². The molecule has 0 unspecified atom stereocenters. The van der Waals surface area contributed by atoms with Crippen molar-refractivity contribution in [2.75, 3.05) is 11.6 Å². The fourth-order valence-corrected chi connectivity index (χ4v) is 2.91. The number of thioether (sulfide) groups is 1. The molecule has 0 spiro atoms. The Labute approximate surface area is 136 Å². The molecule has 2 rings (SSSR count). The second-order valence-electron chi connectivity index (χ2n) is 4.51. The van der Waals surface area contributed by atoms with Gasteiger partial charge in [0.2, 0.25) is 9.84 Å². The summed E-state index contributed by atoms with van der Waals surface area (Å²) in [4.78, 5) is 12.6. The van der Waals surface area contributed by atoms with E-state index in [0.717, 1.165) is 17.0 Å². The van der Waals surface area contributed by atoms with Crippen molar-refractivity contribution in [1.29, 1.82) is 0 Å². The average Bonchev–Trinajstić information content (AvgIpc) is 2.55. The maximum Gasteiger partial charge on any atom is 0.341 e. The third-order valence-electron chi connectivity index (χ3n) is 3.03. The van der Waals surface area contributed by atoms with Gasteiger partial charge >= 0.3 is 5.76 Å². The second-order valence-corrected chi connectivity index (χ2v) is 7.31. The van der Waals surface area contributed by atoms with Crippen LogP contribution in [0.4, 0.5) is 14.5 Å². The predicted molar refractivity (Wildman–Crippen MR) is 85.8 cm³/mol. The summed E-state index contributed by atoms with van der Waals surface area (Å²) >= 11 is 1.57. The fourth-order valence-electron chi connectivity index (χ4n) is 1.78. The van der Waals surface area contributed by atoms with E-state index in [2.05, 4.69) is 5.32 Å². The number of rotatable bonds is 5. The monoisotopic (exact) mass is 357 g/mol. The van der Waals surface area contributed by atoms with Gasteiger partial charge in [-0.2, -0.15) is 8.78 Å². The number of halogens is 2. The maximum atomic E-state index is 12.4. The molecule has 0 heterocycles. The Morgan fingerprint density at radius 1 is 1.04 bits per heavy atom. The van der Waals surface area contributed by atoms with Crippen molar-refractivity contribution in [3.63, 3.8) is 0 Å². The number of nitrogens with one attached hydrogen (secondary N) is 1. The van der Waals surface area contributed by atoms with Crippen molar-refractivity contribution in [3.05, 3.63) is 54.1 Å². The van der Waals surface area contributed by atoms with Gasteiger partial charge in [-0.1, -0.05) is 0 Å². The lowest BCUT2D eigenvalue weighted by molar-refractivity contribution is 0.102. The number of hydrogen-bond acceptors (Lipinski definition) is 4. The van der Waals surface area contributed by atoms with Gasteiger partial charge in [-0.25, -0.2) is 8.42 Å². The molecule has 4 nitrogen and oxygen atoms in total.